The fourth-order valence-electron chi connectivity index (χ4n) is 1.93. The van der Waals surface area contributed by atoms with E-state index in [-0.39, 0.29) is 11.0 Å². The Morgan fingerprint density at radius 1 is 1.05 bits per heavy atom. The molecule has 0 bridgehead atoms. The first-order valence-electron chi connectivity index (χ1n) is 6.18. The number of hydrogen-bond acceptors (Lipinski definition) is 4. The molecule has 0 N–H and O–H groups in total. The first-order chi connectivity index (χ1) is 10.2. The van der Waals surface area contributed by atoms with Crippen LogP contribution in [0.5, 0.6) is 5.75 Å². The van der Waals surface area contributed by atoms with E-state index in [1.165, 1.54) is 0 Å². The summed E-state index contributed by atoms with van der Waals surface area (Å²) in [5.41, 5.74) is 2.30. The summed E-state index contributed by atoms with van der Waals surface area (Å²) in [6, 6.07) is 6.75. The maximum Gasteiger partial charge on any atom is 0.371 e. The van der Waals surface area contributed by atoms with Crippen LogP contribution in [0, 0.1) is 11.8 Å². The molecule has 102 valence electrons. The Bertz CT molecular complexity index is 906. The first-order valence-corrected chi connectivity index (χ1v) is 6.18. The summed E-state index contributed by atoms with van der Waals surface area (Å²) in [6.07, 6.45) is 0. The van der Waals surface area contributed by atoms with Crippen LogP contribution in [0.3, 0.4) is 0 Å². The van der Waals surface area contributed by atoms with Crippen molar-refractivity contribution in [3.05, 3.63) is 40.9 Å². The molecule has 0 spiro atoms. The normalized spacial score (nSPS) is 11.8. The van der Waals surface area contributed by atoms with Crippen molar-refractivity contribution >= 4 is 6.03 Å². The number of aromatic nitrogens is 2. The van der Waals surface area contributed by atoms with Gasteiger partial charge >= 0.3 is 6.03 Å². The van der Waals surface area contributed by atoms with E-state index >= 15 is 0 Å². The zero-order valence-electron chi connectivity index (χ0n) is 11.4. The fraction of sp³-hybridized carbons (Fsp3) is 0.133. The number of carbonyl (C=O) groups is 1. The Morgan fingerprint density at radius 3 is 2.33 bits per heavy atom. The molecule has 0 saturated heterocycles. The molecule has 1 aliphatic rings. The van der Waals surface area contributed by atoms with Gasteiger partial charge in [0.1, 0.15) is 17.1 Å². The van der Waals surface area contributed by atoms with Crippen molar-refractivity contribution in [1.82, 2.24) is 9.97 Å². The van der Waals surface area contributed by atoms with Crippen molar-refractivity contribution < 1.29 is 9.53 Å². The zero-order valence-corrected chi connectivity index (χ0v) is 11.4. The number of hydrogen-bond donors (Lipinski definition) is 0. The Balaban J connectivity index is 2.23. The van der Waals surface area contributed by atoms with E-state index in [9.17, 15) is 4.79 Å². The van der Waals surface area contributed by atoms with Crippen molar-refractivity contribution in [1.29, 1.82) is 0 Å². The van der Waals surface area contributed by atoms with Gasteiger partial charge in [-0.2, -0.15) is 9.98 Å². The Morgan fingerprint density at radius 2 is 1.71 bits per heavy atom. The second-order valence-corrected chi connectivity index (χ2v) is 4.18. The van der Waals surface area contributed by atoms with Gasteiger partial charge in [0.25, 0.3) is 0 Å². The number of benzene rings is 1. The topological polar surface area (TPSA) is 76.8 Å². The monoisotopic (exact) mass is 278 g/mol. The number of fused-ring (bicyclic) bond motifs is 1. The summed E-state index contributed by atoms with van der Waals surface area (Å²) >= 11 is 0. The zero-order chi connectivity index (χ0) is 14.8. The van der Waals surface area contributed by atoms with Crippen molar-refractivity contribution in [2.75, 3.05) is 7.11 Å². The van der Waals surface area contributed by atoms with Crippen LogP contribution >= 0.6 is 0 Å². The van der Waals surface area contributed by atoms with Gasteiger partial charge in [0.05, 0.1) is 7.11 Å². The number of methoxy groups -OCH3 is 1. The molecule has 2 amide bonds. The van der Waals surface area contributed by atoms with Gasteiger partial charge in [0, 0.05) is 5.56 Å². The largest absolute Gasteiger partial charge is 0.497 e. The summed E-state index contributed by atoms with van der Waals surface area (Å²) in [7, 11) is 1.60. The third kappa shape index (κ3) is 2.37. The third-order valence-corrected chi connectivity index (χ3v) is 2.87. The number of urea groups is 1. The maximum atomic E-state index is 11.2. The lowest BCUT2D eigenvalue weighted by Crippen LogP contribution is -2.30. The van der Waals surface area contributed by atoms with Gasteiger partial charge in [-0.1, -0.05) is 5.92 Å². The van der Waals surface area contributed by atoms with Crippen LogP contribution in [0.1, 0.15) is 12.6 Å². The molecule has 1 aromatic heterocycles. The van der Waals surface area contributed by atoms with Crippen LogP contribution in [0.4, 0.5) is 4.79 Å². The van der Waals surface area contributed by atoms with E-state index in [2.05, 4.69) is 31.8 Å². The van der Waals surface area contributed by atoms with Crippen LogP contribution in [0.15, 0.2) is 34.3 Å². The smallest absolute Gasteiger partial charge is 0.371 e. The van der Waals surface area contributed by atoms with Crippen LogP contribution < -0.4 is 15.7 Å². The highest BCUT2D eigenvalue weighted by Gasteiger charge is 2.14. The average Bonchev–Trinajstić information content (AvgIpc) is 2.86. The van der Waals surface area contributed by atoms with Crippen LogP contribution in [-0.2, 0) is 0 Å². The van der Waals surface area contributed by atoms with Crippen LogP contribution in [0.25, 0.3) is 11.3 Å². The molecule has 3 rings (SSSR count). The highest BCUT2D eigenvalue weighted by atomic mass is 16.5. The van der Waals surface area contributed by atoms with Gasteiger partial charge in [0.15, 0.2) is 0 Å². The minimum atomic E-state index is -0.590. The molecular weight excluding hydrogens is 268 g/mol. The lowest BCUT2D eigenvalue weighted by molar-refractivity contribution is 0.256. The van der Waals surface area contributed by atoms with E-state index in [4.69, 9.17) is 4.74 Å². The van der Waals surface area contributed by atoms with Crippen LogP contribution in [-0.4, -0.2) is 23.1 Å². The first kappa shape index (κ1) is 12.9. The second-order valence-electron chi connectivity index (χ2n) is 4.18. The van der Waals surface area contributed by atoms with Gasteiger partial charge in [-0.15, -0.1) is 0 Å². The molecule has 0 radical (unpaired) electrons. The molecule has 0 aliphatic carbocycles. The highest BCUT2D eigenvalue weighted by molar-refractivity contribution is 5.77. The summed E-state index contributed by atoms with van der Waals surface area (Å²) in [6.45, 7) is 1.71. The molecule has 0 unspecified atom stereocenters. The predicted molar refractivity (Wildman–Crippen MR) is 74.3 cm³/mol. The molecule has 6 nitrogen and oxygen atoms in total. The Hall–Kier alpha value is -3.07. The highest BCUT2D eigenvalue weighted by Crippen LogP contribution is 2.21. The lowest BCUT2D eigenvalue weighted by atomic mass is 10.1. The van der Waals surface area contributed by atoms with Crippen molar-refractivity contribution in [2.45, 2.75) is 6.92 Å². The molecule has 0 saturated carbocycles. The number of nitrogens with zero attached hydrogens (tertiary/aromatic N) is 4. The maximum absolute atomic E-state index is 11.2. The summed E-state index contributed by atoms with van der Waals surface area (Å²) in [5.74, 6) is 6.41. The van der Waals surface area contributed by atoms with Gasteiger partial charge in [0.2, 0.25) is 11.0 Å². The lowest BCUT2D eigenvalue weighted by Gasteiger charge is -2.04. The molecule has 1 aromatic carbocycles. The standard InChI is InChI=1S/C15H10N4O2/c1-3-4-11-12(9-5-7-10(21-2)8-6-9)17-14-13(16-11)18-15(20)19-14/h5-8H,1-2H3. The number of carbonyl (C=O) groups excluding carboxylic acids is 1. The molecule has 21 heavy (non-hydrogen) atoms. The van der Waals surface area contributed by atoms with Crippen molar-refractivity contribution in [3.63, 3.8) is 0 Å². The van der Waals surface area contributed by atoms with E-state index in [1.54, 1.807) is 14.0 Å². The minimum Gasteiger partial charge on any atom is -0.497 e. The Labute approximate surface area is 120 Å². The quantitative estimate of drug-likeness (QED) is 0.765. The molecule has 6 heteroatoms. The summed E-state index contributed by atoms with van der Waals surface area (Å²) < 4.78 is 5.13. The van der Waals surface area contributed by atoms with Gasteiger partial charge < -0.3 is 4.74 Å². The third-order valence-electron chi connectivity index (χ3n) is 2.87. The molecule has 1 aliphatic heterocycles. The Kier molecular flexibility index (Phi) is 3.16. The SMILES string of the molecule is CC#Cc1nc2c(nc1-c1ccc(OC)cc1)=NC(=O)N=2. The van der Waals surface area contributed by atoms with Gasteiger partial charge in [-0.3, -0.25) is 0 Å². The summed E-state index contributed by atoms with van der Waals surface area (Å²) in [4.78, 5) is 27.3. The molecule has 0 atom stereocenters. The number of ether oxygens (including phenoxy) is 1. The van der Waals surface area contributed by atoms with Crippen molar-refractivity contribution in [2.24, 2.45) is 9.98 Å². The number of amides is 2. The van der Waals surface area contributed by atoms with Crippen LogP contribution in [0.2, 0.25) is 0 Å². The second kappa shape index (κ2) is 5.13. The fourth-order valence-corrected chi connectivity index (χ4v) is 1.93. The molecule has 2 heterocycles. The minimum absolute atomic E-state index is 0.218. The average molecular weight is 278 g/mol. The van der Waals surface area contributed by atoms with Gasteiger partial charge in [-0.05, 0) is 37.1 Å². The molecule has 0 fully saturated rings. The van der Waals surface area contributed by atoms with Crippen molar-refractivity contribution in [3.8, 4) is 28.8 Å². The van der Waals surface area contributed by atoms with E-state index in [0.717, 1.165) is 11.3 Å². The number of rotatable bonds is 2. The molecule has 2 aromatic rings. The van der Waals surface area contributed by atoms with E-state index in [1.807, 2.05) is 24.3 Å². The van der Waals surface area contributed by atoms with E-state index < -0.39 is 6.03 Å². The van der Waals surface area contributed by atoms with E-state index in [0.29, 0.717) is 11.4 Å². The summed E-state index contributed by atoms with van der Waals surface area (Å²) in [5, 5.41) is 0. The molecular formula is C15H10N4O2. The van der Waals surface area contributed by atoms with Gasteiger partial charge in [-0.25, -0.2) is 14.8 Å². The predicted octanol–water partition coefficient (Wildman–Crippen LogP) is 0.896.